The lowest BCUT2D eigenvalue weighted by molar-refractivity contribution is -0.111. The van der Waals surface area contributed by atoms with E-state index in [0.717, 1.165) is 32.7 Å². The van der Waals surface area contributed by atoms with Gasteiger partial charge < -0.3 is 10.1 Å². The molecule has 0 unspecified atom stereocenters. The molecule has 1 heterocycles. The normalized spacial score (nSPS) is 10.3. The number of carbonyl (C=O) groups excluding carboxylic acids is 1. The topological polar surface area (TPSA) is 64.1 Å². The van der Waals surface area contributed by atoms with E-state index in [0.29, 0.717) is 6.42 Å². The quantitative estimate of drug-likeness (QED) is 0.490. The van der Waals surface area contributed by atoms with Crippen LogP contribution in [0, 0.1) is 0 Å². The van der Waals surface area contributed by atoms with Crippen LogP contribution in [0.15, 0.2) is 83.4 Å². The fourth-order valence-electron chi connectivity index (χ4n) is 2.44. The molecular weight excluding hydrogens is 358 g/mol. The van der Waals surface area contributed by atoms with Gasteiger partial charge in [0, 0.05) is 23.2 Å². The smallest absolute Gasteiger partial charge is 0.247 e. The van der Waals surface area contributed by atoms with E-state index < -0.39 is 0 Å². The van der Waals surface area contributed by atoms with Crippen molar-refractivity contribution in [2.75, 3.05) is 12.4 Å². The zero-order chi connectivity index (χ0) is 19.1. The van der Waals surface area contributed by atoms with Crippen molar-refractivity contribution in [1.82, 2.24) is 9.97 Å². The molecule has 0 radical (unpaired) electrons. The molecule has 1 amide bonds. The fourth-order valence-corrected chi connectivity index (χ4v) is 3.29. The molecule has 0 atom stereocenters. The minimum atomic E-state index is -0.236. The molecule has 1 N–H and O–H groups in total. The lowest BCUT2D eigenvalue weighted by Crippen LogP contribution is -2.07. The van der Waals surface area contributed by atoms with Crippen LogP contribution < -0.4 is 10.1 Å². The summed E-state index contributed by atoms with van der Waals surface area (Å²) in [6.45, 7) is 3.46. The maximum Gasteiger partial charge on any atom is 0.247 e. The second-order valence-corrected chi connectivity index (χ2v) is 6.76. The molecule has 0 saturated carbocycles. The summed E-state index contributed by atoms with van der Waals surface area (Å²) in [6, 6.07) is 17.3. The number of nitrogens with one attached hydrogen (secondary N) is 1. The molecule has 3 aromatic rings. The van der Waals surface area contributed by atoms with Crippen LogP contribution in [-0.4, -0.2) is 23.0 Å². The molecule has 0 bridgehead atoms. The summed E-state index contributed by atoms with van der Waals surface area (Å²) in [4.78, 5) is 21.5. The van der Waals surface area contributed by atoms with Gasteiger partial charge in [0.25, 0.3) is 0 Å². The van der Waals surface area contributed by atoms with Crippen LogP contribution in [0.25, 0.3) is 0 Å². The number of amides is 1. The fraction of sp³-hybridized carbons (Fsp3) is 0.0952. The maximum absolute atomic E-state index is 11.4. The van der Waals surface area contributed by atoms with Gasteiger partial charge in [0.05, 0.1) is 7.11 Å². The molecule has 0 fully saturated rings. The van der Waals surface area contributed by atoms with Crippen molar-refractivity contribution in [3.05, 3.63) is 84.8 Å². The molecule has 1 aromatic heterocycles. The van der Waals surface area contributed by atoms with Crippen LogP contribution in [0.3, 0.4) is 0 Å². The monoisotopic (exact) mass is 377 g/mol. The second-order valence-electron chi connectivity index (χ2n) is 5.66. The highest BCUT2D eigenvalue weighted by Crippen LogP contribution is 2.28. The zero-order valence-electron chi connectivity index (χ0n) is 14.9. The van der Waals surface area contributed by atoms with Crippen molar-refractivity contribution >= 4 is 23.4 Å². The SMILES string of the molecule is C=CC(=O)Nc1cccc(Cc2nccc(Sc3cccc(OC)c3)n2)c1. The molecule has 136 valence electrons. The second kappa shape index (κ2) is 9.00. The molecule has 0 aliphatic carbocycles. The molecule has 0 saturated heterocycles. The molecule has 0 aliphatic heterocycles. The van der Waals surface area contributed by atoms with E-state index in [1.807, 2.05) is 54.6 Å². The van der Waals surface area contributed by atoms with E-state index in [1.54, 1.807) is 25.1 Å². The van der Waals surface area contributed by atoms with Gasteiger partial charge in [-0.2, -0.15) is 0 Å². The standard InChI is InChI=1S/C21H19N3O2S/c1-3-20(25)23-16-7-4-6-15(12-16)13-19-22-11-10-21(24-19)27-18-9-5-8-17(14-18)26-2/h3-12,14H,1,13H2,2H3,(H,23,25). The number of hydrogen-bond acceptors (Lipinski definition) is 5. The first-order valence-corrected chi connectivity index (χ1v) is 9.14. The molecule has 27 heavy (non-hydrogen) atoms. The third-order valence-corrected chi connectivity index (χ3v) is 4.61. The van der Waals surface area contributed by atoms with Crippen LogP contribution in [0.2, 0.25) is 0 Å². The minimum absolute atomic E-state index is 0.236. The third kappa shape index (κ3) is 5.43. The summed E-state index contributed by atoms with van der Waals surface area (Å²) in [5.74, 6) is 1.29. The number of anilines is 1. The summed E-state index contributed by atoms with van der Waals surface area (Å²) >= 11 is 1.56. The van der Waals surface area contributed by atoms with Gasteiger partial charge in [-0.25, -0.2) is 9.97 Å². The van der Waals surface area contributed by atoms with Crippen LogP contribution >= 0.6 is 11.8 Å². The highest BCUT2D eigenvalue weighted by molar-refractivity contribution is 7.99. The largest absolute Gasteiger partial charge is 0.497 e. The lowest BCUT2D eigenvalue weighted by Gasteiger charge is -2.07. The van der Waals surface area contributed by atoms with Crippen molar-refractivity contribution in [3.8, 4) is 5.75 Å². The highest BCUT2D eigenvalue weighted by atomic mass is 32.2. The van der Waals surface area contributed by atoms with E-state index in [1.165, 1.54) is 6.08 Å². The van der Waals surface area contributed by atoms with Gasteiger partial charge in [-0.1, -0.05) is 36.5 Å². The first-order valence-electron chi connectivity index (χ1n) is 8.32. The average molecular weight is 377 g/mol. The molecule has 2 aromatic carbocycles. The van der Waals surface area contributed by atoms with Crippen molar-refractivity contribution in [1.29, 1.82) is 0 Å². The zero-order valence-corrected chi connectivity index (χ0v) is 15.7. The van der Waals surface area contributed by atoms with Crippen molar-refractivity contribution in [3.63, 3.8) is 0 Å². The number of hydrogen-bond donors (Lipinski definition) is 1. The van der Waals surface area contributed by atoms with Crippen LogP contribution in [0.4, 0.5) is 5.69 Å². The Bertz CT molecular complexity index is 959. The van der Waals surface area contributed by atoms with Crippen LogP contribution in [0.5, 0.6) is 5.75 Å². The summed E-state index contributed by atoms with van der Waals surface area (Å²) in [5.41, 5.74) is 1.74. The van der Waals surface area contributed by atoms with Gasteiger partial charge in [-0.15, -0.1) is 0 Å². The number of rotatable bonds is 7. The van der Waals surface area contributed by atoms with Gasteiger partial charge in [-0.05, 0) is 48.0 Å². The molecule has 5 nitrogen and oxygen atoms in total. The number of benzene rings is 2. The maximum atomic E-state index is 11.4. The Morgan fingerprint density at radius 2 is 2.07 bits per heavy atom. The molecule has 6 heteroatoms. The van der Waals surface area contributed by atoms with Gasteiger partial charge in [0.1, 0.15) is 16.6 Å². The Hall–Kier alpha value is -3.12. The van der Waals surface area contributed by atoms with Gasteiger partial charge in [0.15, 0.2) is 0 Å². The summed E-state index contributed by atoms with van der Waals surface area (Å²) in [6.07, 6.45) is 3.58. The van der Waals surface area contributed by atoms with Crippen molar-refractivity contribution in [2.45, 2.75) is 16.3 Å². The Balaban J connectivity index is 1.73. The number of methoxy groups -OCH3 is 1. The van der Waals surface area contributed by atoms with E-state index in [4.69, 9.17) is 4.74 Å². The molecule has 3 rings (SSSR count). The molecule has 0 spiro atoms. The van der Waals surface area contributed by atoms with E-state index in [-0.39, 0.29) is 5.91 Å². The Labute approximate surface area is 162 Å². The summed E-state index contributed by atoms with van der Waals surface area (Å²) in [5, 5.41) is 3.62. The van der Waals surface area contributed by atoms with Gasteiger partial charge in [0.2, 0.25) is 5.91 Å². The molecular formula is C21H19N3O2S. The first-order chi connectivity index (χ1) is 13.2. The highest BCUT2D eigenvalue weighted by Gasteiger charge is 2.06. The number of nitrogens with zero attached hydrogens (tertiary/aromatic N) is 2. The lowest BCUT2D eigenvalue weighted by atomic mass is 10.1. The predicted octanol–water partition coefficient (Wildman–Crippen LogP) is 4.35. The number of carbonyl (C=O) groups is 1. The number of ether oxygens (including phenoxy) is 1. The Morgan fingerprint density at radius 3 is 2.89 bits per heavy atom. The van der Waals surface area contributed by atoms with Crippen molar-refractivity contribution < 1.29 is 9.53 Å². The number of aromatic nitrogens is 2. The predicted molar refractivity (Wildman–Crippen MR) is 107 cm³/mol. The Kier molecular flexibility index (Phi) is 6.22. The molecule has 0 aliphatic rings. The van der Waals surface area contributed by atoms with Gasteiger partial charge >= 0.3 is 0 Å². The van der Waals surface area contributed by atoms with E-state index in [9.17, 15) is 4.79 Å². The minimum Gasteiger partial charge on any atom is -0.497 e. The summed E-state index contributed by atoms with van der Waals surface area (Å²) < 4.78 is 5.26. The first kappa shape index (κ1) is 18.7. The van der Waals surface area contributed by atoms with Gasteiger partial charge in [-0.3, -0.25) is 4.79 Å². The Morgan fingerprint density at radius 1 is 1.22 bits per heavy atom. The van der Waals surface area contributed by atoms with E-state index >= 15 is 0 Å². The van der Waals surface area contributed by atoms with Crippen molar-refractivity contribution in [2.24, 2.45) is 0 Å². The van der Waals surface area contributed by atoms with Crippen LogP contribution in [0.1, 0.15) is 11.4 Å². The average Bonchev–Trinajstić information content (AvgIpc) is 2.68. The van der Waals surface area contributed by atoms with Crippen LogP contribution in [-0.2, 0) is 11.2 Å². The third-order valence-electron chi connectivity index (χ3n) is 3.69. The van der Waals surface area contributed by atoms with E-state index in [2.05, 4.69) is 21.9 Å². The summed E-state index contributed by atoms with van der Waals surface area (Å²) in [7, 11) is 1.65.